The number of carbonyl (C=O) groups excluding carboxylic acids is 1. The second-order valence-corrected chi connectivity index (χ2v) is 5.59. The van der Waals surface area contributed by atoms with Gasteiger partial charge in [-0.05, 0) is 19.3 Å². The second kappa shape index (κ2) is 4.12. The molecule has 1 amide bonds. The monoisotopic (exact) mass is 215 g/mol. The summed E-state index contributed by atoms with van der Waals surface area (Å²) in [6.07, 6.45) is 0. The van der Waals surface area contributed by atoms with Gasteiger partial charge < -0.3 is 4.90 Å². The summed E-state index contributed by atoms with van der Waals surface area (Å²) in [6, 6.07) is -0.136. The summed E-state index contributed by atoms with van der Waals surface area (Å²) in [5.74, 6) is -0.276. The van der Waals surface area contributed by atoms with Gasteiger partial charge in [0.15, 0.2) is 0 Å². The molecule has 0 aliphatic carbocycles. The maximum atomic E-state index is 12.5. The smallest absolute Gasteiger partial charge is 0.240 e. The van der Waals surface area contributed by atoms with Crippen LogP contribution in [0.15, 0.2) is 0 Å². The molecule has 1 aliphatic rings. The van der Waals surface area contributed by atoms with Gasteiger partial charge >= 0.3 is 0 Å². The summed E-state index contributed by atoms with van der Waals surface area (Å²) in [5.41, 5.74) is -0.273. The van der Waals surface area contributed by atoms with E-state index >= 15 is 0 Å². The Morgan fingerprint density at radius 1 is 1.40 bits per heavy atom. The number of piperazine rings is 1. The number of nitrogens with zero attached hydrogens (tertiary/aromatic N) is 2. The third kappa shape index (κ3) is 2.51. The molecule has 1 saturated heterocycles. The molecule has 0 bridgehead atoms. The molecule has 0 unspecified atom stereocenters. The van der Waals surface area contributed by atoms with Crippen molar-refractivity contribution < 1.29 is 8.91 Å². The normalized spacial score (nSPS) is 28.9. The Morgan fingerprint density at radius 3 is 2.40 bits per heavy atom. The number of hydrogen-bond acceptors (Lipinski definition) is 2. The van der Waals surface area contributed by atoms with Gasteiger partial charge in [0.25, 0.3) is 0 Å². The molecule has 0 radical (unpaired) electrons. The summed E-state index contributed by atoms with van der Waals surface area (Å²) in [7, 11) is 0. The van der Waals surface area contributed by atoms with Gasteiger partial charge in [-0.15, -0.1) is 0 Å². The zero-order chi connectivity index (χ0) is 14.3. The highest BCUT2D eigenvalue weighted by atomic mass is 16.2. The molecule has 3 nitrogen and oxygen atoms in total. The van der Waals surface area contributed by atoms with Crippen molar-refractivity contribution in [1.82, 2.24) is 9.80 Å². The maximum Gasteiger partial charge on any atom is 0.240 e. The van der Waals surface area contributed by atoms with Gasteiger partial charge in [-0.3, -0.25) is 9.69 Å². The largest absolute Gasteiger partial charge is 0.343 e. The van der Waals surface area contributed by atoms with E-state index in [1.54, 1.807) is 0 Å². The van der Waals surface area contributed by atoms with Crippen molar-refractivity contribution in [3.05, 3.63) is 0 Å². The summed E-state index contributed by atoms with van der Waals surface area (Å²) < 4.78 is 22.3. The lowest BCUT2D eigenvalue weighted by Crippen LogP contribution is -2.62. The van der Waals surface area contributed by atoms with Crippen molar-refractivity contribution in [2.24, 2.45) is 5.41 Å². The highest BCUT2D eigenvalue weighted by molar-refractivity contribution is 5.83. The Hall–Kier alpha value is -0.570. The molecule has 0 saturated carbocycles. The maximum absolute atomic E-state index is 12.5. The van der Waals surface area contributed by atoms with Crippen molar-refractivity contribution >= 4 is 5.91 Å². The van der Waals surface area contributed by atoms with E-state index in [-0.39, 0.29) is 30.0 Å². The third-order valence-corrected chi connectivity index (χ3v) is 2.90. The first-order chi connectivity index (χ1) is 7.96. The van der Waals surface area contributed by atoms with Gasteiger partial charge in [-0.25, -0.2) is 0 Å². The highest BCUT2D eigenvalue weighted by Gasteiger charge is 2.41. The van der Waals surface area contributed by atoms with E-state index < -0.39 is 6.98 Å². The SMILES string of the molecule is [2H]C([2H])([2H])N1CCN(C(C)C)[C@@H](C(C)(C)C)C1=O. The van der Waals surface area contributed by atoms with Crippen LogP contribution in [0.1, 0.15) is 38.7 Å². The van der Waals surface area contributed by atoms with Gasteiger partial charge in [-0.2, -0.15) is 0 Å². The summed E-state index contributed by atoms with van der Waals surface area (Å²) in [4.78, 5) is 15.6. The van der Waals surface area contributed by atoms with Crippen molar-refractivity contribution in [2.75, 3.05) is 20.1 Å². The Balaban J connectivity index is 3.07. The van der Waals surface area contributed by atoms with Crippen LogP contribution in [0, 0.1) is 5.41 Å². The van der Waals surface area contributed by atoms with E-state index in [9.17, 15) is 4.79 Å². The van der Waals surface area contributed by atoms with Crippen LogP contribution in [0.5, 0.6) is 0 Å². The molecule has 0 N–H and O–H groups in total. The number of hydrogen-bond donors (Lipinski definition) is 0. The molecule has 0 aromatic rings. The summed E-state index contributed by atoms with van der Waals surface area (Å²) in [6.45, 7) is 8.58. The summed E-state index contributed by atoms with van der Waals surface area (Å²) >= 11 is 0. The Labute approximate surface area is 97.6 Å². The highest BCUT2D eigenvalue weighted by Crippen LogP contribution is 2.29. The molecule has 1 rings (SSSR count). The fourth-order valence-electron chi connectivity index (χ4n) is 2.17. The molecule has 0 spiro atoms. The molecule has 0 aromatic heterocycles. The van der Waals surface area contributed by atoms with E-state index in [2.05, 4.69) is 4.90 Å². The first-order valence-corrected chi connectivity index (χ1v) is 5.53. The predicted octanol–water partition coefficient (Wildman–Crippen LogP) is 1.58. The minimum atomic E-state index is -2.33. The van der Waals surface area contributed by atoms with E-state index in [0.717, 1.165) is 4.90 Å². The first kappa shape index (κ1) is 8.57. The minimum absolute atomic E-state index is 0.233. The average molecular weight is 215 g/mol. The number of carbonyl (C=O) groups is 1. The van der Waals surface area contributed by atoms with Crippen LogP contribution in [0.25, 0.3) is 0 Å². The fraction of sp³-hybridized carbons (Fsp3) is 0.917. The van der Waals surface area contributed by atoms with Crippen molar-refractivity contribution in [2.45, 2.75) is 46.7 Å². The molecule has 88 valence electrons. The van der Waals surface area contributed by atoms with Crippen LogP contribution in [0.3, 0.4) is 0 Å². The molecular weight excluding hydrogens is 188 g/mol. The summed E-state index contributed by atoms with van der Waals surface area (Å²) in [5, 5.41) is 0. The fourth-order valence-corrected chi connectivity index (χ4v) is 2.17. The van der Waals surface area contributed by atoms with E-state index in [1.807, 2.05) is 34.6 Å². The van der Waals surface area contributed by atoms with Gasteiger partial charge in [0.05, 0.1) is 6.04 Å². The average Bonchev–Trinajstić information content (AvgIpc) is 2.12. The Bertz CT molecular complexity index is 320. The van der Waals surface area contributed by atoms with E-state index in [0.29, 0.717) is 6.54 Å². The lowest BCUT2D eigenvalue weighted by atomic mass is 9.83. The lowest BCUT2D eigenvalue weighted by Gasteiger charge is -2.47. The molecule has 0 aromatic carbocycles. The quantitative estimate of drug-likeness (QED) is 0.663. The molecular formula is C12H24N2O. The molecule has 3 heteroatoms. The van der Waals surface area contributed by atoms with Crippen molar-refractivity contribution in [1.29, 1.82) is 0 Å². The van der Waals surface area contributed by atoms with Gasteiger partial charge in [-0.1, -0.05) is 20.8 Å². The van der Waals surface area contributed by atoms with Crippen molar-refractivity contribution in [3.63, 3.8) is 0 Å². The minimum Gasteiger partial charge on any atom is -0.343 e. The molecule has 1 fully saturated rings. The predicted molar refractivity (Wildman–Crippen MR) is 62.7 cm³/mol. The van der Waals surface area contributed by atoms with Crippen LogP contribution in [-0.2, 0) is 4.79 Å². The Kier molecular flexibility index (Phi) is 2.36. The van der Waals surface area contributed by atoms with Gasteiger partial charge in [0.2, 0.25) is 5.91 Å². The Morgan fingerprint density at radius 2 is 2.00 bits per heavy atom. The van der Waals surface area contributed by atoms with E-state index in [1.165, 1.54) is 0 Å². The third-order valence-electron chi connectivity index (χ3n) is 2.90. The topological polar surface area (TPSA) is 23.6 Å². The standard InChI is InChI=1S/C12H24N2O/c1-9(2)14-8-7-13(6)11(15)10(14)12(3,4)5/h9-10H,7-8H2,1-6H3/t10-/m1/s1/i6D3. The van der Waals surface area contributed by atoms with Crippen LogP contribution in [-0.4, -0.2) is 47.9 Å². The second-order valence-electron chi connectivity index (χ2n) is 5.59. The first-order valence-electron chi connectivity index (χ1n) is 7.03. The van der Waals surface area contributed by atoms with Gasteiger partial charge in [0, 0.05) is 30.2 Å². The van der Waals surface area contributed by atoms with Crippen LogP contribution >= 0.6 is 0 Å². The van der Waals surface area contributed by atoms with Crippen molar-refractivity contribution in [3.8, 4) is 0 Å². The number of likely N-dealkylation sites (N-methyl/N-ethyl adjacent to an activating group) is 1. The molecule has 1 heterocycles. The molecule has 15 heavy (non-hydrogen) atoms. The zero-order valence-corrected chi connectivity index (χ0v) is 10.4. The van der Waals surface area contributed by atoms with Crippen LogP contribution in [0.4, 0.5) is 0 Å². The number of amides is 1. The molecule has 1 atom stereocenters. The van der Waals surface area contributed by atoms with Crippen LogP contribution < -0.4 is 0 Å². The van der Waals surface area contributed by atoms with E-state index in [4.69, 9.17) is 4.11 Å². The zero-order valence-electron chi connectivity index (χ0n) is 13.4. The number of rotatable bonds is 1. The lowest BCUT2D eigenvalue weighted by molar-refractivity contribution is -0.146. The molecule has 1 aliphatic heterocycles. The van der Waals surface area contributed by atoms with Gasteiger partial charge in [0.1, 0.15) is 0 Å². The van der Waals surface area contributed by atoms with Crippen LogP contribution in [0.2, 0.25) is 0 Å².